The summed E-state index contributed by atoms with van der Waals surface area (Å²) in [6.45, 7) is 4.58. The Labute approximate surface area is 175 Å². The third-order valence-corrected chi connectivity index (χ3v) is 5.27. The summed E-state index contributed by atoms with van der Waals surface area (Å²) in [4.78, 5) is 16.9. The molecular weight excluding hydrogens is 393 g/mol. The number of benzene rings is 2. The Bertz CT molecular complexity index is 788. The third kappa shape index (κ3) is 6.85. The Morgan fingerprint density at radius 3 is 2.27 bits per heavy atom. The predicted octanol–water partition coefficient (Wildman–Crippen LogP) is 4.00. The molecule has 0 aliphatic carbocycles. The van der Waals surface area contributed by atoms with Gasteiger partial charge in [-0.15, -0.1) is 0 Å². The Morgan fingerprint density at radius 2 is 1.63 bits per heavy atom. The van der Waals surface area contributed by atoms with E-state index >= 15 is 0 Å². The van der Waals surface area contributed by atoms with Crippen molar-refractivity contribution in [2.24, 2.45) is 0 Å². The zero-order chi connectivity index (χ0) is 21.4. The number of alkyl halides is 3. The second-order valence-corrected chi connectivity index (χ2v) is 7.45. The standard InChI is InChI=1S/C23H27F3N2O2/c24-23(25,26)21-9-6-20(7-10-21)18-28(13-12-27-14-16-30-17-15-27)22(29)11-8-19-4-2-1-3-5-19/h1-7,9-10H,8,11-18H2. The van der Waals surface area contributed by atoms with Gasteiger partial charge in [-0.05, 0) is 29.7 Å². The quantitative estimate of drug-likeness (QED) is 0.647. The van der Waals surface area contributed by atoms with E-state index in [1.165, 1.54) is 12.1 Å². The van der Waals surface area contributed by atoms with Crippen molar-refractivity contribution >= 4 is 5.91 Å². The van der Waals surface area contributed by atoms with E-state index in [9.17, 15) is 18.0 Å². The summed E-state index contributed by atoms with van der Waals surface area (Å²) < 4.78 is 43.8. The van der Waals surface area contributed by atoms with Gasteiger partial charge in [-0.3, -0.25) is 9.69 Å². The number of morpholine rings is 1. The number of nitrogens with zero attached hydrogens (tertiary/aromatic N) is 2. The van der Waals surface area contributed by atoms with Crippen molar-refractivity contribution in [2.45, 2.75) is 25.6 Å². The number of carbonyl (C=O) groups is 1. The molecule has 4 nitrogen and oxygen atoms in total. The SMILES string of the molecule is O=C(CCc1ccccc1)N(CCN1CCOCC1)Cc1ccc(C(F)(F)F)cc1. The molecule has 0 saturated carbocycles. The first-order valence-corrected chi connectivity index (χ1v) is 10.2. The minimum Gasteiger partial charge on any atom is -0.379 e. The Kier molecular flexibility index (Phi) is 7.87. The number of ether oxygens (including phenoxy) is 1. The first-order chi connectivity index (χ1) is 14.4. The van der Waals surface area contributed by atoms with Gasteiger partial charge in [0.05, 0.1) is 18.8 Å². The van der Waals surface area contributed by atoms with Gasteiger partial charge in [-0.1, -0.05) is 42.5 Å². The fraction of sp³-hybridized carbons (Fsp3) is 0.435. The van der Waals surface area contributed by atoms with Crippen LogP contribution in [0.4, 0.5) is 13.2 Å². The number of aryl methyl sites for hydroxylation is 1. The molecule has 1 amide bonds. The number of rotatable bonds is 8. The minimum absolute atomic E-state index is 0.00649. The van der Waals surface area contributed by atoms with Crippen LogP contribution in [-0.2, 0) is 28.7 Å². The summed E-state index contributed by atoms with van der Waals surface area (Å²) in [5.74, 6) is 0.00649. The summed E-state index contributed by atoms with van der Waals surface area (Å²) in [7, 11) is 0. The predicted molar refractivity (Wildman–Crippen MR) is 109 cm³/mol. The highest BCUT2D eigenvalue weighted by Crippen LogP contribution is 2.29. The summed E-state index contributed by atoms with van der Waals surface area (Å²) in [5, 5.41) is 0. The summed E-state index contributed by atoms with van der Waals surface area (Å²) >= 11 is 0. The molecule has 0 aromatic heterocycles. The number of hydrogen-bond donors (Lipinski definition) is 0. The molecular formula is C23H27F3N2O2. The lowest BCUT2D eigenvalue weighted by Gasteiger charge is -2.30. The largest absolute Gasteiger partial charge is 0.416 e. The molecule has 0 unspecified atom stereocenters. The second-order valence-electron chi connectivity index (χ2n) is 7.45. The Balaban J connectivity index is 1.63. The molecule has 0 bridgehead atoms. The normalized spacial score (nSPS) is 15.2. The second kappa shape index (κ2) is 10.6. The molecule has 1 aliphatic rings. The zero-order valence-electron chi connectivity index (χ0n) is 16.9. The Morgan fingerprint density at radius 1 is 0.967 bits per heavy atom. The molecule has 1 saturated heterocycles. The molecule has 2 aromatic carbocycles. The van der Waals surface area contributed by atoms with Crippen LogP contribution in [0.2, 0.25) is 0 Å². The number of amides is 1. The zero-order valence-corrected chi connectivity index (χ0v) is 16.9. The van der Waals surface area contributed by atoms with Gasteiger partial charge in [0.2, 0.25) is 5.91 Å². The molecule has 162 valence electrons. The van der Waals surface area contributed by atoms with E-state index < -0.39 is 11.7 Å². The van der Waals surface area contributed by atoms with Crippen molar-refractivity contribution in [3.8, 4) is 0 Å². The molecule has 7 heteroatoms. The first kappa shape index (κ1) is 22.3. The van der Waals surface area contributed by atoms with E-state index in [4.69, 9.17) is 4.74 Å². The first-order valence-electron chi connectivity index (χ1n) is 10.2. The van der Waals surface area contributed by atoms with Crippen LogP contribution in [0.5, 0.6) is 0 Å². The van der Waals surface area contributed by atoms with Crippen LogP contribution in [-0.4, -0.2) is 55.1 Å². The van der Waals surface area contributed by atoms with Gasteiger partial charge in [0.25, 0.3) is 0 Å². The van der Waals surface area contributed by atoms with Crippen LogP contribution in [0, 0.1) is 0 Å². The molecule has 1 heterocycles. The van der Waals surface area contributed by atoms with Crippen molar-refractivity contribution in [3.05, 3.63) is 71.3 Å². The maximum absolute atomic E-state index is 12.9. The van der Waals surface area contributed by atoms with Gasteiger partial charge >= 0.3 is 6.18 Å². The highest BCUT2D eigenvalue weighted by molar-refractivity contribution is 5.76. The van der Waals surface area contributed by atoms with Crippen LogP contribution >= 0.6 is 0 Å². The van der Waals surface area contributed by atoms with Crippen LogP contribution in [0.1, 0.15) is 23.1 Å². The smallest absolute Gasteiger partial charge is 0.379 e. The molecule has 0 N–H and O–H groups in total. The molecule has 0 radical (unpaired) electrons. The van der Waals surface area contributed by atoms with Crippen molar-refractivity contribution in [2.75, 3.05) is 39.4 Å². The Hall–Kier alpha value is -2.38. The monoisotopic (exact) mass is 420 g/mol. The van der Waals surface area contributed by atoms with E-state index in [2.05, 4.69) is 4.90 Å². The summed E-state index contributed by atoms with van der Waals surface area (Å²) in [5.41, 5.74) is 1.10. The molecule has 30 heavy (non-hydrogen) atoms. The van der Waals surface area contributed by atoms with Crippen molar-refractivity contribution in [1.29, 1.82) is 0 Å². The number of carbonyl (C=O) groups excluding carboxylic acids is 1. The van der Waals surface area contributed by atoms with Gasteiger partial charge in [-0.25, -0.2) is 0 Å². The highest BCUT2D eigenvalue weighted by Gasteiger charge is 2.30. The van der Waals surface area contributed by atoms with Crippen LogP contribution < -0.4 is 0 Å². The van der Waals surface area contributed by atoms with Gasteiger partial charge in [0.1, 0.15) is 0 Å². The average Bonchev–Trinajstić information content (AvgIpc) is 2.76. The van der Waals surface area contributed by atoms with Crippen LogP contribution in [0.3, 0.4) is 0 Å². The van der Waals surface area contributed by atoms with Gasteiger partial charge in [0, 0.05) is 39.1 Å². The van der Waals surface area contributed by atoms with E-state index in [0.717, 1.165) is 37.3 Å². The molecule has 2 aromatic rings. The maximum Gasteiger partial charge on any atom is 0.416 e. The van der Waals surface area contributed by atoms with E-state index in [1.807, 2.05) is 30.3 Å². The molecule has 3 rings (SSSR count). The maximum atomic E-state index is 12.9. The lowest BCUT2D eigenvalue weighted by molar-refractivity contribution is -0.137. The highest BCUT2D eigenvalue weighted by atomic mass is 19.4. The third-order valence-electron chi connectivity index (χ3n) is 5.27. The molecule has 1 fully saturated rings. The van der Waals surface area contributed by atoms with Gasteiger partial charge < -0.3 is 9.64 Å². The lowest BCUT2D eigenvalue weighted by Crippen LogP contribution is -2.43. The number of hydrogen-bond acceptors (Lipinski definition) is 3. The summed E-state index contributed by atoms with van der Waals surface area (Å²) in [6.07, 6.45) is -3.35. The van der Waals surface area contributed by atoms with Gasteiger partial charge in [-0.2, -0.15) is 13.2 Å². The van der Waals surface area contributed by atoms with E-state index in [0.29, 0.717) is 44.7 Å². The van der Waals surface area contributed by atoms with Crippen molar-refractivity contribution < 1.29 is 22.7 Å². The minimum atomic E-state index is -4.36. The fourth-order valence-electron chi connectivity index (χ4n) is 3.45. The van der Waals surface area contributed by atoms with Crippen LogP contribution in [0.25, 0.3) is 0 Å². The van der Waals surface area contributed by atoms with E-state index in [-0.39, 0.29) is 5.91 Å². The number of halogens is 3. The topological polar surface area (TPSA) is 32.8 Å². The van der Waals surface area contributed by atoms with Crippen LogP contribution in [0.15, 0.2) is 54.6 Å². The molecule has 1 aliphatic heterocycles. The molecule has 0 atom stereocenters. The van der Waals surface area contributed by atoms with Crippen molar-refractivity contribution in [3.63, 3.8) is 0 Å². The fourth-order valence-corrected chi connectivity index (χ4v) is 3.45. The lowest BCUT2D eigenvalue weighted by atomic mass is 10.1. The van der Waals surface area contributed by atoms with Crippen molar-refractivity contribution in [1.82, 2.24) is 9.80 Å². The van der Waals surface area contributed by atoms with Gasteiger partial charge in [0.15, 0.2) is 0 Å². The molecule has 0 spiro atoms. The summed E-state index contributed by atoms with van der Waals surface area (Å²) in [6, 6.07) is 14.8. The van der Waals surface area contributed by atoms with E-state index in [1.54, 1.807) is 4.90 Å². The average molecular weight is 420 g/mol.